The van der Waals surface area contributed by atoms with E-state index in [1.807, 2.05) is 35.2 Å². The highest BCUT2D eigenvalue weighted by molar-refractivity contribution is 5.86. The van der Waals surface area contributed by atoms with E-state index in [1.165, 1.54) is 6.07 Å². The summed E-state index contributed by atoms with van der Waals surface area (Å²) in [5, 5.41) is 2.97. The Labute approximate surface area is 183 Å². The quantitative estimate of drug-likeness (QED) is 0.677. The standard InChI is InChI=1S/C26H29FN2O2/c1-2-15-28-25(31)26(14-5-16-29(18-26)24(30)21-12-13-21)17-19-8-10-20(11-9-19)22-6-3-4-7-23(22)27/h2-4,6-11,21H,1,5,12-18H2,(H,28,31)/t26-/m1/s1. The molecule has 5 heteroatoms. The number of amides is 2. The van der Waals surface area contributed by atoms with Gasteiger partial charge in [-0.2, -0.15) is 0 Å². The lowest BCUT2D eigenvalue weighted by atomic mass is 9.74. The molecule has 0 bridgehead atoms. The molecule has 1 N–H and O–H groups in total. The monoisotopic (exact) mass is 420 g/mol. The van der Waals surface area contributed by atoms with E-state index >= 15 is 0 Å². The fourth-order valence-corrected chi connectivity index (χ4v) is 4.56. The Morgan fingerprint density at radius 3 is 2.58 bits per heavy atom. The second-order valence-corrected chi connectivity index (χ2v) is 8.77. The molecule has 2 aliphatic rings. The van der Waals surface area contributed by atoms with Crippen LogP contribution in [0.4, 0.5) is 4.39 Å². The van der Waals surface area contributed by atoms with Gasteiger partial charge in [0.2, 0.25) is 11.8 Å². The first kappa shape index (κ1) is 21.3. The molecule has 2 fully saturated rings. The highest BCUT2D eigenvalue weighted by atomic mass is 19.1. The van der Waals surface area contributed by atoms with Crippen LogP contribution in [0.25, 0.3) is 11.1 Å². The van der Waals surface area contributed by atoms with Gasteiger partial charge in [0.05, 0.1) is 5.41 Å². The number of hydrogen-bond acceptors (Lipinski definition) is 2. The van der Waals surface area contributed by atoms with Crippen LogP contribution in [0, 0.1) is 17.2 Å². The van der Waals surface area contributed by atoms with Gasteiger partial charge in [-0.1, -0.05) is 48.5 Å². The Morgan fingerprint density at radius 2 is 1.90 bits per heavy atom. The maximum absolute atomic E-state index is 14.1. The predicted octanol–water partition coefficient (Wildman–Crippen LogP) is 4.36. The van der Waals surface area contributed by atoms with Crippen LogP contribution in [-0.4, -0.2) is 36.3 Å². The number of piperidine rings is 1. The van der Waals surface area contributed by atoms with Gasteiger partial charge in [0.25, 0.3) is 0 Å². The molecule has 31 heavy (non-hydrogen) atoms. The smallest absolute Gasteiger partial charge is 0.228 e. The summed E-state index contributed by atoms with van der Waals surface area (Å²) in [5.41, 5.74) is 1.72. The van der Waals surface area contributed by atoms with Crippen molar-refractivity contribution in [1.29, 1.82) is 0 Å². The van der Waals surface area contributed by atoms with Crippen LogP contribution < -0.4 is 5.32 Å². The Morgan fingerprint density at radius 1 is 1.16 bits per heavy atom. The Hall–Kier alpha value is -2.95. The molecule has 1 heterocycles. The van der Waals surface area contributed by atoms with Gasteiger partial charge >= 0.3 is 0 Å². The summed E-state index contributed by atoms with van der Waals surface area (Å²) in [4.78, 5) is 27.8. The highest BCUT2D eigenvalue weighted by Gasteiger charge is 2.45. The number of carbonyl (C=O) groups excluding carboxylic acids is 2. The summed E-state index contributed by atoms with van der Waals surface area (Å²) in [6.45, 7) is 5.27. The first-order valence-electron chi connectivity index (χ1n) is 11.0. The lowest BCUT2D eigenvalue weighted by Gasteiger charge is -2.42. The van der Waals surface area contributed by atoms with Crippen molar-refractivity contribution in [1.82, 2.24) is 10.2 Å². The average Bonchev–Trinajstić information content (AvgIpc) is 3.63. The molecule has 2 aromatic rings. The summed E-state index contributed by atoms with van der Waals surface area (Å²) in [7, 11) is 0. The molecule has 0 aromatic heterocycles. The minimum Gasteiger partial charge on any atom is -0.352 e. The van der Waals surface area contributed by atoms with E-state index in [1.54, 1.807) is 18.2 Å². The molecule has 1 aliphatic heterocycles. The van der Waals surface area contributed by atoms with Gasteiger partial charge in [-0.3, -0.25) is 9.59 Å². The van der Waals surface area contributed by atoms with Gasteiger partial charge in [-0.25, -0.2) is 4.39 Å². The molecule has 1 saturated carbocycles. The summed E-state index contributed by atoms with van der Waals surface area (Å²) >= 11 is 0. The van der Waals surface area contributed by atoms with Crippen LogP contribution >= 0.6 is 0 Å². The fraction of sp³-hybridized carbons (Fsp3) is 0.385. The number of likely N-dealkylation sites (tertiary alicyclic amines) is 1. The van der Waals surface area contributed by atoms with E-state index < -0.39 is 5.41 Å². The number of nitrogens with zero attached hydrogens (tertiary/aromatic N) is 1. The van der Waals surface area contributed by atoms with Crippen LogP contribution in [0.15, 0.2) is 61.2 Å². The van der Waals surface area contributed by atoms with Gasteiger partial charge in [-0.15, -0.1) is 6.58 Å². The van der Waals surface area contributed by atoms with Crippen molar-refractivity contribution >= 4 is 11.8 Å². The third-order valence-corrected chi connectivity index (χ3v) is 6.39. The van der Waals surface area contributed by atoms with E-state index in [0.717, 1.165) is 43.4 Å². The zero-order valence-electron chi connectivity index (χ0n) is 17.8. The third kappa shape index (κ3) is 4.71. The topological polar surface area (TPSA) is 49.4 Å². The van der Waals surface area contributed by atoms with Crippen molar-refractivity contribution in [2.45, 2.75) is 32.1 Å². The van der Waals surface area contributed by atoms with E-state index in [9.17, 15) is 14.0 Å². The molecule has 1 saturated heterocycles. The molecule has 162 valence electrons. The van der Waals surface area contributed by atoms with Gasteiger partial charge in [0.15, 0.2) is 0 Å². The molecule has 4 rings (SSSR count). The number of carbonyl (C=O) groups is 2. The second-order valence-electron chi connectivity index (χ2n) is 8.77. The maximum atomic E-state index is 14.1. The molecule has 4 nitrogen and oxygen atoms in total. The van der Waals surface area contributed by atoms with Gasteiger partial charge in [-0.05, 0) is 49.3 Å². The minimum absolute atomic E-state index is 0.0288. The number of rotatable bonds is 7. The molecule has 0 unspecified atom stereocenters. The summed E-state index contributed by atoms with van der Waals surface area (Å²) in [5.74, 6) is 0.0542. The van der Waals surface area contributed by atoms with Crippen LogP contribution in [-0.2, 0) is 16.0 Å². The maximum Gasteiger partial charge on any atom is 0.228 e. The van der Waals surface area contributed by atoms with Gasteiger partial charge in [0.1, 0.15) is 5.82 Å². The molecular weight excluding hydrogens is 391 g/mol. The van der Waals surface area contributed by atoms with Crippen molar-refractivity contribution < 1.29 is 14.0 Å². The van der Waals surface area contributed by atoms with E-state index in [0.29, 0.717) is 25.1 Å². The molecule has 1 aliphatic carbocycles. The van der Waals surface area contributed by atoms with Crippen molar-refractivity contribution in [2.75, 3.05) is 19.6 Å². The molecule has 1 atom stereocenters. The summed E-state index contributed by atoms with van der Waals surface area (Å²) < 4.78 is 14.1. The number of nitrogens with one attached hydrogen (secondary N) is 1. The Balaban J connectivity index is 1.57. The Bertz CT molecular complexity index is 968. The van der Waals surface area contributed by atoms with Gasteiger partial charge in [0, 0.05) is 31.1 Å². The largest absolute Gasteiger partial charge is 0.352 e. The van der Waals surface area contributed by atoms with Crippen LogP contribution in [0.3, 0.4) is 0 Å². The number of benzene rings is 2. The third-order valence-electron chi connectivity index (χ3n) is 6.39. The predicted molar refractivity (Wildman–Crippen MR) is 120 cm³/mol. The molecule has 2 amide bonds. The van der Waals surface area contributed by atoms with Crippen molar-refractivity contribution in [2.24, 2.45) is 11.3 Å². The van der Waals surface area contributed by atoms with Crippen molar-refractivity contribution in [3.8, 4) is 11.1 Å². The van der Waals surface area contributed by atoms with Crippen molar-refractivity contribution in [3.63, 3.8) is 0 Å². The lowest BCUT2D eigenvalue weighted by Crippen LogP contribution is -2.54. The first-order chi connectivity index (χ1) is 15.0. The second kappa shape index (κ2) is 9.04. The van der Waals surface area contributed by atoms with E-state index in [2.05, 4.69) is 11.9 Å². The molecular formula is C26H29FN2O2. The number of halogens is 1. The van der Waals surface area contributed by atoms with Gasteiger partial charge < -0.3 is 10.2 Å². The SMILES string of the molecule is C=CCNC(=O)[C@@]1(Cc2ccc(-c3ccccc3F)cc2)CCCN(C(=O)C2CC2)C1. The molecule has 0 radical (unpaired) electrons. The summed E-state index contributed by atoms with van der Waals surface area (Å²) in [6.07, 6.45) is 5.69. The zero-order valence-corrected chi connectivity index (χ0v) is 17.8. The van der Waals surface area contributed by atoms with Crippen LogP contribution in [0.2, 0.25) is 0 Å². The minimum atomic E-state index is -0.661. The number of hydrogen-bond donors (Lipinski definition) is 1. The lowest BCUT2D eigenvalue weighted by molar-refractivity contribution is -0.142. The van der Waals surface area contributed by atoms with Crippen LogP contribution in [0.1, 0.15) is 31.2 Å². The molecule has 0 spiro atoms. The fourth-order valence-electron chi connectivity index (χ4n) is 4.56. The normalized spacial score (nSPS) is 20.9. The Kier molecular flexibility index (Phi) is 6.21. The first-order valence-corrected chi connectivity index (χ1v) is 11.0. The summed E-state index contributed by atoms with van der Waals surface area (Å²) in [6, 6.07) is 14.4. The average molecular weight is 421 g/mol. The van der Waals surface area contributed by atoms with Crippen LogP contribution in [0.5, 0.6) is 0 Å². The zero-order chi connectivity index (χ0) is 21.8. The van der Waals surface area contributed by atoms with Crippen molar-refractivity contribution in [3.05, 3.63) is 72.6 Å². The van der Waals surface area contributed by atoms with E-state index in [4.69, 9.17) is 0 Å². The highest BCUT2D eigenvalue weighted by Crippen LogP contribution is 2.38. The molecule has 2 aromatic carbocycles. The van der Waals surface area contributed by atoms with E-state index in [-0.39, 0.29) is 23.5 Å².